The molecule has 31 heavy (non-hydrogen) atoms. The first-order chi connectivity index (χ1) is 14.9. The summed E-state index contributed by atoms with van der Waals surface area (Å²) in [5, 5.41) is 5.93. The van der Waals surface area contributed by atoms with E-state index in [2.05, 4.69) is 10.6 Å². The van der Waals surface area contributed by atoms with Crippen molar-refractivity contribution in [1.82, 2.24) is 10.6 Å². The van der Waals surface area contributed by atoms with E-state index in [0.717, 1.165) is 24.8 Å². The third-order valence-electron chi connectivity index (χ3n) is 7.45. The molecule has 0 saturated heterocycles. The van der Waals surface area contributed by atoms with Gasteiger partial charge >= 0.3 is 0 Å². The minimum Gasteiger partial charge on any atom is -0.493 e. The van der Waals surface area contributed by atoms with Gasteiger partial charge in [0.2, 0.25) is 17.6 Å². The number of hydrogen-bond acceptors (Lipinski definition) is 5. The molecule has 1 aromatic rings. The van der Waals surface area contributed by atoms with Crippen LogP contribution in [-0.4, -0.2) is 39.2 Å². The van der Waals surface area contributed by atoms with Crippen molar-refractivity contribution < 1.29 is 23.8 Å². The highest BCUT2D eigenvalue weighted by atomic mass is 16.5. The molecule has 7 heteroatoms. The topological polar surface area (TPSA) is 85.9 Å². The molecule has 0 radical (unpaired) electrons. The van der Waals surface area contributed by atoms with E-state index in [4.69, 9.17) is 14.2 Å². The van der Waals surface area contributed by atoms with Gasteiger partial charge < -0.3 is 24.8 Å². The normalized spacial score (nSPS) is 29.2. The van der Waals surface area contributed by atoms with Crippen molar-refractivity contribution in [2.75, 3.05) is 21.3 Å². The van der Waals surface area contributed by atoms with E-state index in [-0.39, 0.29) is 17.2 Å². The molecule has 4 aliphatic carbocycles. The molecular formula is C24H34N2O5. The monoisotopic (exact) mass is 430 g/mol. The third-order valence-corrected chi connectivity index (χ3v) is 7.45. The van der Waals surface area contributed by atoms with Crippen molar-refractivity contribution in [2.24, 2.45) is 23.2 Å². The van der Waals surface area contributed by atoms with Crippen molar-refractivity contribution in [1.29, 1.82) is 0 Å². The van der Waals surface area contributed by atoms with Crippen LogP contribution < -0.4 is 24.8 Å². The van der Waals surface area contributed by atoms with Crippen LogP contribution in [-0.2, 0) is 16.1 Å². The van der Waals surface area contributed by atoms with Crippen LogP contribution in [0.4, 0.5) is 0 Å². The molecular weight excluding hydrogens is 396 g/mol. The number of rotatable bonds is 8. The van der Waals surface area contributed by atoms with Crippen LogP contribution in [0, 0.1) is 23.2 Å². The van der Waals surface area contributed by atoms with Crippen LogP contribution in [0.15, 0.2) is 12.1 Å². The molecule has 4 bridgehead atoms. The highest BCUT2D eigenvalue weighted by Crippen LogP contribution is 2.60. The van der Waals surface area contributed by atoms with Crippen LogP contribution in [0.3, 0.4) is 0 Å². The van der Waals surface area contributed by atoms with E-state index >= 15 is 0 Å². The van der Waals surface area contributed by atoms with Gasteiger partial charge in [-0.2, -0.15) is 0 Å². The first-order valence-electron chi connectivity index (χ1n) is 11.2. The Bertz CT molecular complexity index is 792. The van der Waals surface area contributed by atoms with Crippen LogP contribution >= 0.6 is 0 Å². The Balaban J connectivity index is 1.36. The predicted octanol–water partition coefficient (Wildman–Crippen LogP) is 3.05. The zero-order chi connectivity index (χ0) is 22.2. The molecule has 1 aromatic carbocycles. The van der Waals surface area contributed by atoms with E-state index in [1.807, 2.05) is 0 Å². The fraction of sp³-hybridized carbons (Fsp3) is 0.667. The Hall–Kier alpha value is -2.44. The first-order valence-corrected chi connectivity index (χ1v) is 11.2. The van der Waals surface area contributed by atoms with Crippen LogP contribution in [0.1, 0.15) is 51.0 Å². The minimum atomic E-state index is -0.581. The van der Waals surface area contributed by atoms with Crippen LogP contribution in [0.2, 0.25) is 0 Å². The minimum absolute atomic E-state index is 0.0713. The van der Waals surface area contributed by atoms with Crippen molar-refractivity contribution in [3.8, 4) is 17.2 Å². The van der Waals surface area contributed by atoms with Crippen molar-refractivity contribution in [3.63, 3.8) is 0 Å². The highest BCUT2D eigenvalue weighted by Gasteiger charge is 2.54. The Morgan fingerprint density at radius 3 is 1.94 bits per heavy atom. The molecule has 5 rings (SSSR count). The Labute approximate surface area is 184 Å². The Morgan fingerprint density at radius 2 is 1.48 bits per heavy atom. The summed E-state index contributed by atoms with van der Waals surface area (Å²) in [4.78, 5) is 25.9. The van der Waals surface area contributed by atoms with Crippen molar-refractivity contribution >= 4 is 11.8 Å². The van der Waals surface area contributed by atoms with Gasteiger partial charge in [0.05, 0.1) is 21.3 Å². The number of ether oxygens (including phenoxy) is 3. The standard InChI is InChI=1S/C24H34N2O5/c1-14(26-23(28)24-10-15-5-16(11-24)7-17(6-15)12-24)22(27)25-13-18-8-19(29-2)21(31-4)20(9-18)30-3/h8-9,14-17H,5-7,10-13H2,1-4H3,(H,25,27)(H,26,28)/t14-,15?,16?,17?,24?/m0/s1. The summed E-state index contributed by atoms with van der Waals surface area (Å²) in [5.41, 5.74) is 0.572. The molecule has 4 fully saturated rings. The lowest BCUT2D eigenvalue weighted by Crippen LogP contribution is -2.56. The Morgan fingerprint density at radius 1 is 0.968 bits per heavy atom. The van der Waals surface area contributed by atoms with Gasteiger partial charge in [0.25, 0.3) is 0 Å². The van der Waals surface area contributed by atoms with Gasteiger partial charge in [-0.1, -0.05) is 0 Å². The second-order valence-corrected chi connectivity index (χ2v) is 9.64. The SMILES string of the molecule is COc1cc(CNC(=O)[C@H](C)NC(=O)C23CC4CC(CC(C4)C2)C3)cc(OC)c1OC. The van der Waals surface area contributed by atoms with E-state index in [0.29, 0.717) is 41.5 Å². The van der Waals surface area contributed by atoms with Gasteiger partial charge in [-0.15, -0.1) is 0 Å². The number of benzene rings is 1. The molecule has 0 heterocycles. The summed E-state index contributed by atoms with van der Waals surface area (Å²) < 4.78 is 16.1. The lowest BCUT2D eigenvalue weighted by Gasteiger charge is -2.55. The van der Waals surface area contributed by atoms with Gasteiger partial charge in [-0.05, 0) is 80.9 Å². The van der Waals surface area contributed by atoms with Gasteiger partial charge in [0, 0.05) is 12.0 Å². The first kappa shape index (κ1) is 21.8. The number of hydrogen-bond donors (Lipinski definition) is 2. The molecule has 2 amide bonds. The number of carbonyl (C=O) groups is 2. The maximum absolute atomic E-state index is 13.2. The van der Waals surface area contributed by atoms with Crippen LogP contribution in [0.5, 0.6) is 17.2 Å². The molecule has 7 nitrogen and oxygen atoms in total. The van der Waals surface area contributed by atoms with E-state index in [1.165, 1.54) is 19.3 Å². The second-order valence-electron chi connectivity index (χ2n) is 9.64. The zero-order valence-corrected chi connectivity index (χ0v) is 19.0. The molecule has 4 saturated carbocycles. The average molecular weight is 431 g/mol. The molecule has 2 N–H and O–H groups in total. The smallest absolute Gasteiger partial charge is 0.242 e. The summed E-state index contributed by atoms with van der Waals surface area (Å²) >= 11 is 0. The quantitative estimate of drug-likeness (QED) is 0.662. The summed E-state index contributed by atoms with van der Waals surface area (Å²) in [6.07, 6.45) is 6.84. The van der Waals surface area contributed by atoms with Crippen molar-refractivity contribution in [2.45, 2.75) is 58.0 Å². The van der Waals surface area contributed by atoms with Gasteiger partial charge in [0.1, 0.15) is 6.04 Å². The fourth-order valence-corrected chi connectivity index (χ4v) is 6.38. The number of amides is 2. The Kier molecular flexibility index (Phi) is 6.04. The predicted molar refractivity (Wildman–Crippen MR) is 116 cm³/mol. The molecule has 0 aromatic heterocycles. The molecule has 0 unspecified atom stereocenters. The lowest BCUT2D eigenvalue weighted by molar-refractivity contribution is -0.148. The molecule has 4 aliphatic rings. The van der Waals surface area contributed by atoms with Crippen molar-refractivity contribution in [3.05, 3.63) is 17.7 Å². The number of nitrogens with one attached hydrogen (secondary N) is 2. The average Bonchev–Trinajstić information content (AvgIpc) is 2.75. The number of methoxy groups -OCH3 is 3. The summed E-state index contributed by atoms with van der Waals surface area (Å²) in [6, 6.07) is 3.03. The zero-order valence-electron chi connectivity index (χ0n) is 19.0. The molecule has 0 spiro atoms. The molecule has 170 valence electrons. The maximum atomic E-state index is 13.2. The van der Waals surface area contributed by atoms with Gasteiger partial charge in [-0.25, -0.2) is 0 Å². The molecule has 1 atom stereocenters. The molecule has 0 aliphatic heterocycles. The summed E-state index contributed by atoms with van der Waals surface area (Å²) in [6.45, 7) is 2.05. The van der Waals surface area contributed by atoms with Crippen LogP contribution in [0.25, 0.3) is 0 Å². The van der Waals surface area contributed by atoms with Gasteiger partial charge in [0.15, 0.2) is 11.5 Å². The summed E-state index contributed by atoms with van der Waals surface area (Å²) in [7, 11) is 4.67. The summed E-state index contributed by atoms with van der Waals surface area (Å²) in [5.74, 6) is 3.54. The van der Waals surface area contributed by atoms with Gasteiger partial charge in [-0.3, -0.25) is 9.59 Å². The third kappa shape index (κ3) is 4.19. The van der Waals surface area contributed by atoms with E-state index in [1.54, 1.807) is 40.4 Å². The lowest BCUT2D eigenvalue weighted by atomic mass is 9.49. The second kappa shape index (κ2) is 8.60. The van der Waals surface area contributed by atoms with E-state index in [9.17, 15) is 9.59 Å². The van der Waals surface area contributed by atoms with E-state index < -0.39 is 6.04 Å². The maximum Gasteiger partial charge on any atom is 0.242 e. The highest BCUT2D eigenvalue weighted by molar-refractivity contribution is 5.90. The number of carbonyl (C=O) groups excluding carboxylic acids is 2. The largest absolute Gasteiger partial charge is 0.493 e. The fourth-order valence-electron chi connectivity index (χ4n) is 6.38.